The van der Waals surface area contributed by atoms with E-state index < -0.39 is 10.0 Å². The van der Waals surface area contributed by atoms with Crippen LogP contribution in [0.5, 0.6) is 0 Å². The van der Waals surface area contributed by atoms with E-state index in [4.69, 9.17) is 10.2 Å². The molecule has 0 bridgehead atoms. The number of fused-ring (bicyclic) bond motifs is 1. The van der Waals surface area contributed by atoms with E-state index in [-0.39, 0.29) is 16.1 Å². The molecule has 3 N–H and O–H groups in total. The van der Waals surface area contributed by atoms with Crippen molar-refractivity contribution in [3.05, 3.63) is 46.1 Å². The van der Waals surface area contributed by atoms with Gasteiger partial charge in [0.1, 0.15) is 10.7 Å². The van der Waals surface area contributed by atoms with E-state index in [1.54, 1.807) is 23.5 Å². The first-order valence-corrected chi connectivity index (χ1v) is 9.13. The molecule has 0 aliphatic carbocycles. The Hall–Kier alpha value is -1.35. The van der Waals surface area contributed by atoms with Gasteiger partial charge in [-0.05, 0) is 51.0 Å². The minimum absolute atomic E-state index is 0.0355. The largest absolute Gasteiger partial charge is 0.452 e. The van der Waals surface area contributed by atoms with Crippen molar-refractivity contribution in [1.82, 2.24) is 0 Å². The van der Waals surface area contributed by atoms with Gasteiger partial charge in [0.15, 0.2) is 4.67 Å². The molecule has 3 aromatic rings. The Balaban J connectivity index is 1.96. The summed E-state index contributed by atoms with van der Waals surface area (Å²) < 4.78 is 33.8. The second-order valence-electron chi connectivity index (χ2n) is 4.33. The monoisotopic (exact) mass is 386 g/mol. The molecule has 0 aliphatic heterocycles. The fraction of sp³-hybridized carbons (Fsp3) is 0.0769. The van der Waals surface area contributed by atoms with Gasteiger partial charge in [-0.3, -0.25) is 4.72 Å². The minimum Gasteiger partial charge on any atom is -0.452 e. The summed E-state index contributed by atoms with van der Waals surface area (Å²) in [5.74, 6) is 0.399. The van der Waals surface area contributed by atoms with Gasteiger partial charge in [-0.25, -0.2) is 8.42 Å². The van der Waals surface area contributed by atoms with Gasteiger partial charge in [0, 0.05) is 16.5 Å². The van der Waals surface area contributed by atoms with Crippen LogP contribution in [0.4, 0.5) is 5.69 Å². The molecule has 8 heteroatoms. The predicted molar refractivity (Wildman–Crippen MR) is 86.9 cm³/mol. The molecule has 0 aliphatic rings. The highest BCUT2D eigenvalue weighted by Crippen LogP contribution is 2.29. The van der Waals surface area contributed by atoms with Crippen LogP contribution >= 0.6 is 27.3 Å². The van der Waals surface area contributed by atoms with Gasteiger partial charge in [-0.15, -0.1) is 11.3 Å². The molecule has 0 saturated carbocycles. The normalized spacial score (nSPS) is 11.9. The molecule has 0 saturated heterocycles. The summed E-state index contributed by atoms with van der Waals surface area (Å²) in [6.45, 7) is 0.134. The maximum absolute atomic E-state index is 12.4. The van der Waals surface area contributed by atoms with E-state index in [0.717, 1.165) is 10.1 Å². The lowest BCUT2D eigenvalue weighted by Crippen LogP contribution is -2.12. The second-order valence-corrected chi connectivity index (χ2v) is 7.65. The molecule has 1 aromatic carbocycles. The van der Waals surface area contributed by atoms with E-state index in [0.29, 0.717) is 11.4 Å². The van der Waals surface area contributed by atoms with E-state index in [1.165, 1.54) is 6.07 Å². The number of thiophene rings is 1. The zero-order valence-electron chi connectivity index (χ0n) is 10.7. The molecular formula is C13H11BrN2O3S2. The quantitative estimate of drug-likeness (QED) is 0.718. The topological polar surface area (TPSA) is 85.3 Å². The molecule has 0 unspecified atom stereocenters. The van der Waals surface area contributed by atoms with Crippen LogP contribution in [-0.2, 0) is 16.6 Å². The summed E-state index contributed by atoms with van der Waals surface area (Å²) in [6.07, 6.45) is 0. The molecule has 0 spiro atoms. The third-order valence-corrected chi connectivity index (χ3v) is 6.04. The summed E-state index contributed by atoms with van der Waals surface area (Å²) >= 11 is 4.71. The maximum atomic E-state index is 12.4. The first-order chi connectivity index (χ1) is 9.99. The Morgan fingerprint density at radius 2 is 2.10 bits per heavy atom. The number of halogens is 1. The van der Waals surface area contributed by atoms with E-state index >= 15 is 0 Å². The van der Waals surface area contributed by atoms with Crippen LogP contribution in [0.15, 0.2) is 49.7 Å². The van der Waals surface area contributed by atoms with Gasteiger partial charge >= 0.3 is 0 Å². The van der Waals surface area contributed by atoms with Crippen molar-refractivity contribution in [2.45, 2.75) is 11.4 Å². The van der Waals surface area contributed by atoms with Gasteiger partial charge in [0.2, 0.25) is 0 Å². The van der Waals surface area contributed by atoms with Crippen molar-refractivity contribution >= 4 is 53.1 Å². The second kappa shape index (κ2) is 5.45. The molecule has 21 heavy (non-hydrogen) atoms. The summed E-state index contributed by atoms with van der Waals surface area (Å²) in [5, 5.41) is 2.96. The summed E-state index contributed by atoms with van der Waals surface area (Å²) in [5.41, 5.74) is 5.95. The first kappa shape index (κ1) is 14.6. The van der Waals surface area contributed by atoms with Gasteiger partial charge in [0.05, 0.1) is 6.54 Å². The molecule has 2 heterocycles. The maximum Gasteiger partial charge on any atom is 0.266 e. The molecule has 0 atom stereocenters. The van der Waals surface area contributed by atoms with E-state index in [1.807, 2.05) is 17.5 Å². The van der Waals surface area contributed by atoms with Crippen molar-refractivity contribution in [2.24, 2.45) is 5.73 Å². The Kier molecular flexibility index (Phi) is 3.78. The van der Waals surface area contributed by atoms with E-state index in [9.17, 15) is 8.42 Å². The third-order valence-electron chi connectivity index (χ3n) is 2.90. The lowest BCUT2D eigenvalue weighted by atomic mass is 10.2. The third kappa shape index (κ3) is 2.84. The highest BCUT2D eigenvalue weighted by molar-refractivity contribution is 9.10. The van der Waals surface area contributed by atoms with Crippen LogP contribution in [0.2, 0.25) is 0 Å². The molecule has 2 aromatic heterocycles. The fourth-order valence-electron chi connectivity index (χ4n) is 1.92. The van der Waals surface area contributed by atoms with Crippen molar-refractivity contribution < 1.29 is 12.8 Å². The van der Waals surface area contributed by atoms with Crippen LogP contribution in [0.3, 0.4) is 0 Å². The van der Waals surface area contributed by atoms with Crippen molar-refractivity contribution in [1.29, 1.82) is 0 Å². The van der Waals surface area contributed by atoms with Crippen LogP contribution in [0.1, 0.15) is 5.76 Å². The number of hydrogen-bond acceptors (Lipinski definition) is 5. The molecule has 5 nitrogen and oxygen atoms in total. The number of hydrogen-bond donors (Lipinski definition) is 2. The van der Waals surface area contributed by atoms with Crippen LogP contribution in [0.25, 0.3) is 10.1 Å². The van der Waals surface area contributed by atoms with Gasteiger partial charge < -0.3 is 10.2 Å². The Bertz CT molecular complexity index is 899. The average Bonchev–Trinajstić information content (AvgIpc) is 3.04. The van der Waals surface area contributed by atoms with Crippen molar-refractivity contribution in [3.63, 3.8) is 0 Å². The number of nitrogens with one attached hydrogen (secondary N) is 1. The summed E-state index contributed by atoms with van der Waals surface area (Å²) in [6, 6.07) is 8.76. The Morgan fingerprint density at radius 1 is 1.29 bits per heavy atom. The fourth-order valence-corrected chi connectivity index (χ4v) is 4.74. The molecule has 0 radical (unpaired) electrons. The number of rotatable bonds is 4. The molecule has 3 rings (SSSR count). The van der Waals surface area contributed by atoms with E-state index in [2.05, 4.69) is 20.7 Å². The Morgan fingerprint density at radius 3 is 2.81 bits per heavy atom. The van der Waals surface area contributed by atoms with Crippen molar-refractivity contribution in [2.75, 3.05) is 4.72 Å². The zero-order chi connectivity index (χ0) is 15.0. The smallest absolute Gasteiger partial charge is 0.266 e. The lowest BCUT2D eigenvalue weighted by molar-refractivity contribution is 0.484. The molecular weight excluding hydrogens is 376 g/mol. The number of anilines is 1. The minimum atomic E-state index is -3.73. The highest BCUT2D eigenvalue weighted by atomic mass is 79.9. The van der Waals surface area contributed by atoms with Gasteiger partial charge in [-0.2, -0.15) is 0 Å². The van der Waals surface area contributed by atoms with Gasteiger partial charge in [-0.1, -0.05) is 0 Å². The zero-order valence-corrected chi connectivity index (χ0v) is 13.9. The number of sulfonamides is 1. The number of furan rings is 1. The van der Waals surface area contributed by atoms with Crippen LogP contribution in [0, 0.1) is 0 Å². The molecule has 0 amide bonds. The Labute approximate surface area is 133 Å². The number of nitrogens with two attached hydrogens (primary N) is 1. The average molecular weight is 387 g/mol. The SMILES string of the molecule is NCc1cc(S(=O)(=O)Nc2ccc3sccc3c2)c(Br)o1. The standard InChI is InChI=1S/C13H11BrN2O3S2/c14-13-12(6-10(7-15)19-13)21(17,18)16-9-1-2-11-8(5-9)3-4-20-11/h1-6,16H,7,15H2. The summed E-state index contributed by atoms with van der Waals surface area (Å²) in [7, 11) is -3.73. The lowest BCUT2D eigenvalue weighted by Gasteiger charge is -2.06. The predicted octanol–water partition coefficient (Wildman–Crippen LogP) is 3.52. The number of benzene rings is 1. The molecule has 110 valence electrons. The van der Waals surface area contributed by atoms with Crippen molar-refractivity contribution in [3.8, 4) is 0 Å². The van der Waals surface area contributed by atoms with Crippen LogP contribution in [-0.4, -0.2) is 8.42 Å². The van der Waals surface area contributed by atoms with Gasteiger partial charge in [0.25, 0.3) is 10.0 Å². The van der Waals surface area contributed by atoms with Crippen LogP contribution < -0.4 is 10.5 Å². The highest BCUT2D eigenvalue weighted by Gasteiger charge is 2.22. The first-order valence-electron chi connectivity index (χ1n) is 5.98. The molecule has 0 fully saturated rings. The summed E-state index contributed by atoms with van der Waals surface area (Å²) in [4.78, 5) is 0.0355.